The minimum Gasteiger partial charge on any atom is -0.477 e. The van der Waals surface area contributed by atoms with Gasteiger partial charge < -0.3 is 10.1 Å². The molecule has 0 spiro atoms. The van der Waals surface area contributed by atoms with Crippen molar-refractivity contribution in [3.63, 3.8) is 0 Å². The Bertz CT molecular complexity index is 346. The molecule has 1 aromatic heterocycles. The van der Waals surface area contributed by atoms with Gasteiger partial charge in [0.05, 0.1) is 6.61 Å². The second-order valence-electron chi connectivity index (χ2n) is 5.36. The molecule has 1 unspecified atom stereocenters. The van der Waals surface area contributed by atoms with Crippen molar-refractivity contribution in [1.29, 1.82) is 0 Å². The predicted molar refractivity (Wildman–Crippen MR) is 73.7 cm³/mol. The van der Waals surface area contributed by atoms with E-state index in [-0.39, 0.29) is 0 Å². The summed E-state index contributed by atoms with van der Waals surface area (Å²) in [6, 6.07) is 4.82. The fraction of sp³-hybridized carbons (Fsp3) is 0.667. The predicted octanol–water partition coefficient (Wildman–Crippen LogP) is 3.15. The van der Waals surface area contributed by atoms with Crippen LogP contribution in [0, 0.1) is 5.92 Å². The third-order valence-electron chi connectivity index (χ3n) is 3.27. The van der Waals surface area contributed by atoms with Crippen molar-refractivity contribution in [3.8, 4) is 5.88 Å². The summed E-state index contributed by atoms with van der Waals surface area (Å²) in [5.74, 6) is 1.35. The molecule has 1 fully saturated rings. The number of ether oxygens (including phenoxy) is 1. The van der Waals surface area contributed by atoms with Crippen LogP contribution in [0.15, 0.2) is 18.3 Å². The zero-order chi connectivity index (χ0) is 12.8. The Hall–Kier alpha value is -1.09. The summed E-state index contributed by atoms with van der Waals surface area (Å²) in [5.41, 5.74) is 1.23. The molecule has 1 heterocycles. The summed E-state index contributed by atoms with van der Waals surface area (Å²) < 4.78 is 5.68. The first-order valence-corrected chi connectivity index (χ1v) is 7.09. The highest BCUT2D eigenvalue weighted by molar-refractivity contribution is 5.17. The molecule has 0 bridgehead atoms. The molecule has 3 nitrogen and oxygen atoms in total. The largest absolute Gasteiger partial charge is 0.477 e. The number of aromatic nitrogens is 1. The lowest BCUT2D eigenvalue weighted by Crippen LogP contribution is -2.15. The van der Waals surface area contributed by atoms with E-state index in [0.29, 0.717) is 5.92 Å². The van der Waals surface area contributed by atoms with Gasteiger partial charge >= 0.3 is 0 Å². The van der Waals surface area contributed by atoms with E-state index in [2.05, 4.69) is 30.2 Å². The first kappa shape index (κ1) is 13.3. The first-order chi connectivity index (χ1) is 8.78. The normalized spacial score (nSPS) is 16.6. The highest BCUT2D eigenvalue weighted by atomic mass is 16.5. The van der Waals surface area contributed by atoms with Crippen molar-refractivity contribution in [2.75, 3.05) is 6.61 Å². The Balaban J connectivity index is 1.72. The van der Waals surface area contributed by atoms with Gasteiger partial charge in [-0.2, -0.15) is 0 Å². The third-order valence-corrected chi connectivity index (χ3v) is 3.27. The number of nitrogens with one attached hydrogen (secondary N) is 1. The van der Waals surface area contributed by atoms with E-state index in [4.69, 9.17) is 4.74 Å². The van der Waals surface area contributed by atoms with Gasteiger partial charge in [-0.25, -0.2) is 4.98 Å². The van der Waals surface area contributed by atoms with Crippen molar-refractivity contribution >= 4 is 0 Å². The van der Waals surface area contributed by atoms with Crippen LogP contribution in [0.2, 0.25) is 0 Å². The Kier molecular flexibility index (Phi) is 5.00. The molecule has 2 rings (SSSR count). The van der Waals surface area contributed by atoms with E-state index in [1.165, 1.54) is 31.2 Å². The van der Waals surface area contributed by atoms with E-state index in [9.17, 15) is 0 Å². The van der Waals surface area contributed by atoms with Gasteiger partial charge in [0.15, 0.2) is 0 Å². The van der Waals surface area contributed by atoms with Crippen molar-refractivity contribution in [1.82, 2.24) is 10.3 Å². The van der Waals surface area contributed by atoms with Crippen LogP contribution in [0.1, 0.15) is 45.1 Å². The molecular formula is C15H24N2O. The molecule has 0 aromatic carbocycles. The Morgan fingerprint density at radius 3 is 2.89 bits per heavy atom. The number of rotatable bonds is 8. The van der Waals surface area contributed by atoms with Crippen molar-refractivity contribution < 1.29 is 4.74 Å². The van der Waals surface area contributed by atoms with Gasteiger partial charge in [-0.15, -0.1) is 0 Å². The van der Waals surface area contributed by atoms with Gasteiger partial charge in [0.2, 0.25) is 5.88 Å². The zero-order valence-corrected chi connectivity index (χ0v) is 11.5. The SMILES string of the molecule is CCCC(C)COc1ccc(CNC2CC2)cn1. The maximum atomic E-state index is 5.68. The molecule has 1 aliphatic rings. The average molecular weight is 248 g/mol. The summed E-state index contributed by atoms with van der Waals surface area (Å²) in [6.45, 7) is 6.11. The molecule has 1 aliphatic carbocycles. The molecule has 0 saturated heterocycles. The van der Waals surface area contributed by atoms with Gasteiger partial charge in [0, 0.05) is 24.8 Å². The number of pyridine rings is 1. The molecule has 100 valence electrons. The van der Waals surface area contributed by atoms with E-state index >= 15 is 0 Å². The van der Waals surface area contributed by atoms with Crippen LogP contribution in [-0.2, 0) is 6.54 Å². The van der Waals surface area contributed by atoms with Gasteiger partial charge in [-0.1, -0.05) is 26.3 Å². The first-order valence-electron chi connectivity index (χ1n) is 7.09. The topological polar surface area (TPSA) is 34.1 Å². The van der Waals surface area contributed by atoms with Gasteiger partial charge in [-0.3, -0.25) is 0 Å². The molecule has 0 amide bonds. The van der Waals surface area contributed by atoms with Crippen LogP contribution < -0.4 is 10.1 Å². The summed E-state index contributed by atoms with van der Waals surface area (Å²) in [5, 5.41) is 3.48. The van der Waals surface area contributed by atoms with Crippen LogP contribution >= 0.6 is 0 Å². The smallest absolute Gasteiger partial charge is 0.213 e. The number of hydrogen-bond donors (Lipinski definition) is 1. The number of hydrogen-bond acceptors (Lipinski definition) is 3. The van der Waals surface area contributed by atoms with Crippen LogP contribution in [0.4, 0.5) is 0 Å². The molecule has 0 radical (unpaired) electrons. The standard InChI is InChI=1S/C15H24N2O/c1-3-4-12(2)11-18-15-8-5-13(10-17-15)9-16-14-6-7-14/h5,8,10,12,14,16H,3-4,6-7,9,11H2,1-2H3. The second-order valence-corrected chi connectivity index (χ2v) is 5.36. The van der Waals surface area contributed by atoms with E-state index < -0.39 is 0 Å². The summed E-state index contributed by atoms with van der Waals surface area (Å²) in [7, 11) is 0. The number of nitrogens with zero attached hydrogens (tertiary/aromatic N) is 1. The van der Waals surface area contributed by atoms with Crippen molar-refractivity contribution in [3.05, 3.63) is 23.9 Å². The molecule has 3 heteroatoms. The van der Waals surface area contributed by atoms with Crippen LogP contribution in [0.5, 0.6) is 5.88 Å². The molecule has 0 aliphatic heterocycles. The molecule has 1 saturated carbocycles. The fourth-order valence-corrected chi connectivity index (χ4v) is 1.95. The lowest BCUT2D eigenvalue weighted by atomic mass is 10.1. The maximum absolute atomic E-state index is 5.68. The molecule has 1 N–H and O–H groups in total. The van der Waals surface area contributed by atoms with E-state index in [0.717, 1.165) is 25.1 Å². The summed E-state index contributed by atoms with van der Waals surface area (Å²) in [4.78, 5) is 4.35. The van der Waals surface area contributed by atoms with E-state index in [1.54, 1.807) is 0 Å². The lowest BCUT2D eigenvalue weighted by molar-refractivity contribution is 0.243. The average Bonchev–Trinajstić information content (AvgIpc) is 3.19. The molecule has 1 atom stereocenters. The maximum Gasteiger partial charge on any atom is 0.213 e. The third kappa shape index (κ3) is 4.65. The van der Waals surface area contributed by atoms with Crippen LogP contribution in [0.25, 0.3) is 0 Å². The summed E-state index contributed by atoms with van der Waals surface area (Å²) in [6.07, 6.45) is 6.98. The van der Waals surface area contributed by atoms with Gasteiger partial charge in [0.25, 0.3) is 0 Å². The monoisotopic (exact) mass is 248 g/mol. The molecule has 1 aromatic rings. The zero-order valence-electron chi connectivity index (χ0n) is 11.5. The Labute approximate surface area is 110 Å². The second kappa shape index (κ2) is 6.74. The molecular weight excluding hydrogens is 224 g/mol. The molecule has 18 heavy (non-hydrogen) atoms. The lowest BCUT2D eigenvalue weighted by Gasteiger charge is -2.11. The highest BCUT2D eigenvalue weighted by Gasteiger charge is 2.19. The van der Waals surface area contributed by atoms with E-state index in [1.807, 2.05) is 12.3 Å². The van der Waals surface area contributed by atoms with Crippen LogP contribution in [0.3, 0.4) is 0 Å². The fourth-order valence-electron chi connectivity index (χ4n) is 1.95. The van der Waals surface area contributed by atoms with Crippen molar-refractivity contribution in [2.24, 2.45) is 5.92 Å². The highest BCUT2D eigenvalue weighted by Crippen LogP contribution is 2.19. The summed E-state index contributed by atoms with van der Waals surface area (Å²) >= 11 is 0. The minimum absolute atomic E-state index is 0.605. The Morgan fingerprint density at radius 1 is 1.44 bits per heavy atom. The van der Waals surface area contributed by atoms with Crippen LogP contribution in [-0.4, -0.2) is 17.6 Å². The van der Waals surface area contributed by atoms with Gasteiger partial charge in [0.1, 0.15) is 0 Å². The van der Waals surface area contributed by atoms with Gasteiger partial charge in [-0.05, 0) is 30.7 Å². The quantitative estimate of drug-likeness (QED) is 0.767. The Morgan fingerprint density at radius 2 is 2.28 bits per heavy atom. The minimum atomic E-state index is 0.605. The van der Waals surface area contributed by atoms with Crippen molar-refractivity contribution in [2.45, 2.75) is 52.1 Å².